The predicted octanol–water partition coefficient (Wildman–Crippen LogP) is 2.71. The van der Waals surface area contributed by atoms with E-state index in [9.17, 15) is 9.59 Å². The van der Waals surface area contributed by atoms with Crippen molar-refractivity contribution in [1.82, 2.24) is 9.88 Å². The molecular weight excluding hydrogens is 320 g/mol. The standard InChI is InChI=1S/C19H24N2O4/c1-4-21-11-15(18(22)20-12-7-5-6-8-12)13-9-16(24-2)17(25-3)10-14(13)19(21)23/h9-12H,4-8H2,1-3H3,(H,20,22). The summed E-state index contributed by atoms with van der Waals surface area (Å²) in [6.07, 6.45) is 5.94. The van der Waals surface area contributed by atoms with E-state index in [0.717, 1.165) is 25.7 Å². The number of fused-ring (bicyclic) bond motifs is 1. The summed E-state index contributed by atoms with van der Waals surface area (Å²) in [6.45, 7) is 2.37. The van der Waals surface area contributed by atoms with Gasteiger partial charge in [0.2, 0.25) is 0 Å². The third-order valence-electron chi connectivity index (χ3n) is 4.87. The van der Waals surface area contributed by atoms with Crippen LogP contribution >= 0.6 is 0 Å². The number of aromatic nitrogens is 1. The molecule has 2 aromatic rings. The van der Waals surface area contributed by atoms with Crippen molar-refractivity contribution in [2.24, 2.45) is 0 Å². The van der Waals surface area contributed by atoms with Crippen LogP contribution in [0.4, 0.5) is 0 Å². The average molecular weight is 344 g/mol. The van der Waals surface area contributed by atoms with E-state index < -0.39 is 0 Å². The summed E-state index contributed by atoms with van der Waals surface area (Å²) < 4.78 is 12.2. The van der Waals surface area contributed by atoms with Gasteiger partial charge in [0.15, 0.2) is 11.5 Å². The summed E-state index contributed by atoms with van der Waals surface area (Å²) in [5.74, 6) is 0.827. The molecule has 1 aromatic carbocycles. The molecule has 3 rings (SSSR count). The number of rotatable bonds is 5. The lowest BCUT2D eigenvalue weighted by Crippen LogP contribution is -2.34. The number of carbonyl (C=O) groups is 1. The summed E-state index contributed by atoms with van der Waals surface area (Å²) in [5.41, 5.74) is 0.347. The number of hydrogen-bond acceptors (Lipinski definition) is 4. The number of amides is 1. The van der Waals surface area contributed by atoms with E-state index >= 15 is 0 Å². The Morgan fingerprint density at radius 3 is 2.32 bits per heavy atom. The number of carbonyl (C=O) groups excluding carboxylic acids is 1. The maximum Gasteiger partial charge on any atom is 0.258 e. The second kappa shape index (κ2) is 7.17. The molecule has 1 saturated carbocycles. The number of benzene rings is 1. The fraction of sp³-hybridized carbons (Fsp3) is 0.474. The molecule has 0 atom stereocenters. The molecule has 1 aromatic heterocycles. The van der Waals surface area contributed by atoms with Gasteiger partial charge in [-0.1, -0.05) is 12.8 Å². The number of methoxy groups -OCH3 is 2. The monoisotopic (exact) mass is 344 g/mol. The van der Waals surface area contributed by atoms with Crippen LogP contribution in [0.3, 0.4) is 0 Å². The highest BCUT2D eigenvalue weighted by Gasteiger charge is 2.22. The highest BCUT2D eigenvalue weighted by Crippen LogP contribution is 2.32. The molecule has 0 radical (unpaired) electrons. The predicted molar refractivity (Wildman–Crippen MR) is 96.7 cm³/mol. The van der Waals surface area contributed by atoms with Gasteiger partial charge in [0.25, 0.3) is 11.5 Å². The number of hydrogen-bond donors (Lipinski definition) is 1. The number of nitrogens with one attached hydrogen (secondary N) is 1. The molecule has 1 N–H and O–H groups in total. The molecule has 1 fully saturated rings. The van der Waals surface area contributed by atoms with E-state index in [0.29, 0.717) is 34.4 Å². The smallest absolute Gasteiger partial charge is 0.258 e. The van der Waals surface area contributed by atoms with Crippen LogP contribution in [0, 0.1) is 0 Å². The van der Waals surface area contributed by atoms with E-state index in [4.69, 9.17) is 9.47 Å². The Morgan fingerprint density at radius 1 is 1.16 bits per heavy atom. The number of aryl methyl sites for hydroxylation is 1. The van der Waals surface area contributed by atoms with Crippen molar-refractivity contribution in [2.45, 2.75) is 45.2 Å². The van der Waals surface area contributed by atoms with E-state index in [1.54, 1.807) is 22.9 Å². The van der Waals surface area contributed by atoms with Crippen LogP contribution < -0.4 is 20.3 Å². The van der Waals surface area contributed by atoms with Crippen LogP contribution in [0.2, 0.25) is 0 Å². The molecule has 6 nitrogen and oxygen atoms in total. The SMILES string of the molecule is CCn1cc(C(=O)NC2CCCC2)c2cc(OC)c(OC)cc2c1=O. The lowest BCUT2D eigenvalue weighted by molar-refractivity contribution is 0.0939. The Labute approximate surface area is 146 Å². The van der Waals surface area contributed by atoms with E-state index in [1.165, 1.54) is 14.2 Å². The van der Waals surface area contributed by atoms with Crippen molar-refractivity contribution in [1.29, 1.82) is 0 Å². The van der Waals surface area contributed by atoms with Crippen LogP contribution in [-0.2, 0) is 6.54 Å². The Kier molecular flexibility index (Phi) is 4.97. The van der Waals surface area contributed by atoms with Crippen molar-refractivity contribution in [3.05, 3.63) is 34.2 Å². The fourth-order valence-corrected chi connectivity index (χ4v) is 3.47. The molecule has 1 aliphatic carbocycles. The summed E-state index contributed by atoms with van der Waals surface area (Å²) in [4.78, 5) is 25.5. The molecule has 1 heterocycles. The van der Waals surface area contributed by atoms with Crippen LogP contribution in [0.1, 0.15) is 43.0 Å². The van der Waals surface area contributed by atoms with E-state index in [-0.39, 0.29) is 17.5 Å². The van der Waals surface area contributed by atoms with Gasteiger partial charge in [-0.15, -0.1) is 0 Å². The first-order valence-electron chi connectivity index (χ1n) is 8.69. The topological polar surface area (TPSA) is 69.6 Å². The first kappa shape index (κ1) is 17.3. The highest BCUT2D eigenvalue weighted by atomic mass is 16.5. The lowest BCUT2D eigenvalue weighted by Gasteiger charge is -2.16. The molecule has 0 bridgehead atoms. The summed E-state index contributed by atoms with van der Waals surface area (Å²) in [5, 5.41) is 4.14. The van der Waals surface area contributed by atoms with Crippen molar-refractivity contribution in [3.63, 3.8) is 0 Å². The zero-order valence-electron chi connectivity index (χ0n) is 14.9. The van der Waals surface area contributed by atoms with Crippen molar-refractivity contribution < 1.29 is 14.3 Å². The lowest BCUT2D eigenvalue weighted by atomic mass is 10.0. The van der Waals surface area contributed by atoms with Crippen LogP contribution in [0.25, 0.3) is 10.8 Å². The van der Waals surface area contributed by atoms with Gasteiger partial charge in [-0.25, -0.2) is 0 Å². The number of pyridine rings is 1. The zero-order valence-corrected chi connectivity index (χ0v) is 14.9. The van der Waals surface area contributed by atoms with Gasteiger partial charge >= 0.3 is 0 Å². The van der Waals surface area contributed by atoms with Gasteiger partial charge in [-0.05, 0) is 31.9 Å². The summed E-state index contributed by atoms with van der Waals surface area (Å²) in [6, 6.07) is 3.57. The van der Waals surface area contributed by atoms with Crippen LogP contribution in [-0.4, -0.2) is 30.7 Å². The second-order valence-corrected chi connectivity index (χ2v) is 6.34. The van der Waals surface area contributed by atoms with Crippen LogP contribution in [0.5, 0.6) is 11.5 Å². The molecule has 1 aliphatic rings. The van der Waals surface area contributed by atoms with Crippen molar-refractivity contribution in [2.75, 3.05) is 14.2 Å². The Hall–Kier alpha value is -2.50. The summed E-state index contributed by atoms with van der Waals surface area (Å²) >= 11 is 0. The molecule has 0 unspecified atom stereocenters. The van der Waals surface area contributed by atoms with Crippen LogP contribution in [0.15, 0.2) is 23.1 Å². The zero-order chi connectivity index (χ0) is 18.0. The normalized spacial score (nSPS) is 14.7. The van der Waals surface area contributed by atoms with Gasteiger partial charge in [-0.3, -0.25) is 9.59 Å². The third-order valence-corrected chi connectivity index (χ3v) is 4.87. The van der Waals surface area contributed by atoms with E-state index in [2.05, 4.69) is 5.32 Å². The minimum atomic E-state index is -0.147. The quantitative estimate of drug-likeness (QED) is 0.905. The second-order valence-electron chi connectivity index (χ2n) is 6.34. The Morgan fingerprint density at radius 2 is 1.76 bits per heavy atom. The van der Waals surface area contributed by atoms with Gasteiger partial charge in [0.1, 0.15) is 0 Å². The first-order valence-corrected chi connectivity index (χ1v) is 8.69. The molecule has 6 heteroatoms. The average Bonchev–Trinajstić information content (AvgIpc) is 3.13. The minimum Gasteiger partial charge on any atom is -0.493 e. The molecule has 25 heavy (non-hydrogen) atoms. The first-order chi connectivity index (χ1) is 12.1. The molecule has 134 valence electrons. The van der Waals surface area contributed by atoms with Gasteiger partial charge in [0, 0.05) is 24.2 Å². The van der Waals surface area contributed by atoms with Gasteiger partial charge in [-0.2, -0.15) is 0 Å². The third kappa shape index (κ3) is 3.21. The Balaban J connectivity index is 2.16. The highest BCUT2D eigenvalue weighted by molar-refractivity contribution is 6.07. The fourth-order valence-electron chi connectivity index (χ4n) is 3.47. The largest absolute Gasteiger partial charge is 0.493 e. The van der Waals surface area contributed by atoms with Gasteiger partial charge in [0.05, 0.1) is 25.2 Å². The number of ether oxygens (including phenoxy) is 2. The molecule has 0 saturated heterocycles. The number of nitrogens with zero attached hydrogens (tertiary/aromatic N) is 1. The maximum atomic E-state index is 12.8. The van der Waals surface area contributed by atoms with E-state index in [1.807, 2.05) is 6.92 Å². The molecule has 1 amide bonds. The maximum absolute atomic E-state index is 12.8. The van der Waals surface area contributed by atoms with Crippen molar-refractivity contribution >= 4 is 16.7 Å². The minimum absolute atomic E-state index is 0.143. The summed E-state index contributed by atoms with van der Waals surface area (Å²) in [7, 11) is 3.06. The Bertz CT molecular complexity index is 851. The van der Waals surface area contributed by atoms with Crippen molar-refractivity contribution in [3.8, 4) is 11.5 Å². The van der Waals surface area contributed by atoms with Gasteiger partial charge < -0.3 is 19.4 Å². The molecular formula is C19H24N2O4. The molecule has 0 spiro atoms. The molecule has 0 aliphatic heterocycles.